The van der Waals surface area contributed by atoms with Crippen LogP contribution in [-0.2, 0) is 30.7 Å². The summed E-state index contributed by atoms with van der Waals surface area (Å²) in [6.07, 6.45) is 8.70. The number of hydrogen-bond donors (Lipinski definition) is 0. The predicted octanol–water partition coefficient (Wildman–Crippen LogP) is 2.84. The molecule has 0 amide bonds. The standard InChI is InChI=1S/C13H9.C13H10.C10H15.2ClH.Zr/c1-3-7-12-10(5-1)9-11-6-2-4-8-13(11)12;1-3-7-12(8-4-1)11-13-9-5-2-6-10-13;1-8-5-6-9(7-8)10(2,3)4;;;/h1-5,7-8H,9H2;1-10H;6-8H,1-4H3;2*1H;/q-1;;-1;;;+2/p-2. The van der Waals surface area contributed by atoms with Gasteiger partial charge in [-0.1, -0.05) is 74.4 Å². The van der Waals surface area contributed by atoms with E-state index in [1.54, 1.807) is 0 Å². The Morgan fingerprint density at radius 1 is 0.744 bits per heavy atom. The first-order valence-electron chi connectivity index (χ1n) is 12.9. The van der Waals surface area contributed by atoms with E-state index in [-0.39, 0.29) is 24.8 Å². The van der Waals surface area contributed by atoms with Gasteiger partial charge in [0.2, 0.25) is 0 Å². The fourth-order valence-electron chi connectivity index (χ4n) is 4.43. The molecular weight excluding hydrogens is 595 g/mol. The summed E-state index contributed by atoms with van der Waals surface area (Å²) in [5.41, 5.74) is 9.89. The van der Waals surface area contributed by atoms with Gasteiger partial charge in [0.05, 0.1) is 0 Å². The van der Waals surface area contributed by atoms with Crippen LogP contribution in [0.1, 0.15) is 49.9 Å². The van der Waals surface area contributed by atoms with Crippen molar-refractivity contribution in [2.75, 3.05) is 0 Å². The number of hydrogen-bond acceptors (Lipinski definition) is 0. The zero-order valence-corrected chi connectivity index (χ0v) is 27.0. The molecule has 3 heteroatoms. The summed E-state index contributed by atoms with van der Waals surface area (Å²) in [5.74, 6) is 0.522. The summed E-state index contributed by atoms with van der Waals surface area (Å²) in [7, 11) is 0. The van der Waals surface area contributed by atoms with Crippen LogP contribution >= 0.6 is 0 Å². The fourth-order valence-corrected chi connectivity index (χ4v) is 5.25. The zero-order chi connectivity index (χ0) is 26.3. The van der Waals surface area contributed by atoms with Crippen molar-refractivity contribution in [3.63, 3.8) is 0 Å². The van der Waals surface area contributed by atoms with Gasteiger partial charge in [-0.05, 0) is 6.42 Å². The van der Waals surface area contributed by atoms with E-state index in [2.05, 4.69) is 149 Å². The summed E-state index contributed by atoms with van der Waals surface area (Å²) in [4.78, 5) is 0. The monoisotopic (exact) mass is 626 g/mol. The molecule has 0 fully saturated rings. The fraction of sp³-hybridized carbons (Fsp3) is 0.194. The number of halogens is 2. The largest absolute Gasteiger partial charge is 0.179 e. The average molecular weight is 629 g/mol. The maximum Gasteiger partial charge on any atom is -0.0253 e. The van der Waals surface area contributed by atoms with Gasteiger partial charge >= 0.3 is 99.2 Å². The van der Waals surface area contributed by atoms with Crippen LogP contribution in [0.3, 0.4) is 0 Å². The molecule has 0 aliphatic heterocycles. The van der Waals surface area contributed by atoms with Gasteiger partial charge in [-0.15, -0.1) is 5.56 Å². The molecule has 4 aromatic rings. The predicted molar refractivity (Wildman–Crippen MR) is 154 cm³/mol. The Hall–Kier alpha value is -2.31. The van der Waals surface area contributed by atoms with Crippen LogP contribution in [0.15, 0.2) is 121 Å². The Bertz CT molecular complexity index is 1310. The molecule has 0 saturated carbocycles. The second-order valence-corrected chi connectivity index (χ2v) is 11.7. The Balaban J connectivity index is 0.000000203. The summed E-state index contributed by atoms with van der Waals surface area (Å²) in [6.45, 7) is 8.86. The summed E-state index contributed by atoms with van der Waals surface area (Å²) < 4.78 is 1.42. The summed E-state index contributed by atoms with van der Waals surface area (Å²) in [6, 6.07) is 39.2. The van der Waals surface area contributed by atoms with E-state index in [1.807, 2.05) is 6.07 Å². The van der Waals surface area contributed by atoms with E-state index in [0.717, 1.165) is 6.42 Å². The van der Waals surface area contributed by atoms with Crippen molar-refractivity contribution >= 4 is 3.21 Å². The molecule has 0 spiro atoms. The molecule has 0 saturated heterocycles. The molecule has 1 unspecified atom stereocenters. The van der Waals surface area contributed by atoms with E-state index in [0.29, 0.717) is 11.3 Å². The number of rotatable bonds is 2. The number of fused-ring (bicyclic) bond motifs is 3. The van der Waals surface area contributed by atoms with Crippen molar-refractivity contribution in [2.24, 2.45) is 11.3 Å². The van der Waals surface area contributed by atoms with Gasteiger partial charge in [-0.3, -0.25) is 6.08 Å². The van der Waals surface area contributed by atoms with Gasteiger partial charge in [0.15, 0.2) is 0 Å². The van der Waals surface area contributed by atoms with Crippen LogP contribution in [-0.4, -0.2) is 3.21 Å². The van der Waals surface area contributed by atoms with Gasteiger partial charge in [0.1, 0.15) is 0 Å². The minimum atomic E-state index is 0. The van der Waals surface area contributed by atoms with Crippen LogP contribution in [0.25, 0.3) is 11.1 Å². The zero-order valence-electron chi connectivity index (χ0n) is 23.0. The molecule has 0 bridgehead atoms. The van der Waals surface area contributed by atoms with Crippen LogP contribution in [0.4, 0.5) is 0 Å². The van der Waals surface area contributed by atoms with Crippen molar-refractivity contribution in [2.45, 2.75) is 34.1 Å². The van der Waals surface area contributed by atoms with Crippen LogP contribution in [0.2, 0.25) is 0 Å². The van der Waals surface area contributed by atoms with Gasteiger partial charge in [-0.25, -0.2) is 6.08 Å². The SMILES string of the molecule is CC1[C-]=CC(C(C)(C)C)=C1.[Cl-].[Cl-].[Zr+2]=[C](c1ccccc1)c1ccccc1.[c-]1cccc2c1Cc1ccccc1-2. The first-order valence-corrected chi connectivity index (χ1v) is 14.1. The Morgan fingerprint density at radius 2 is 1.28 bits per heavy atom. The van der Waals surface area contributed by atoms with Crippen molar-refractivity contribution in [1.82, 2.24) is 0 Å². The topological polar surface area (TPSA) is 0 Å². The first-order chi connectivity index (χ1) is 17.8. The van der Waals surface area contributed by atoms with E-state index < -0.39 is 0 Å². The third-order valence-electron chi connectivity index (χ3n) is 6.54. The van der Waals surface area contributed by atoms with Crippen LogP contribution < -0.4 is 24.8 Å². The van der Waals surface area contributed by atoms with Crippen molar-refractivity contribution in [3.05, 3.63) is 155 Å². The molecule has 0 heterocycles. The molecule has 1 atom stereocenters. The van der Waals surface area contributed by atoms with E-state index >= 15 is 0 Å². The molecule has 2 aliphatic rings. The third-order valence-corrected chi connectivity index (χ3v) is 7.96. The minimum Gasteiger partial charge on any atom is -0.179 e. The maximum atomic E-state index is 3.30. The normalized spacial score (nSPS) is 14.1. The first kappa shape index (κ1) is 32.9. The van der Waals surface area contributed by atoms with E-state index in [1.165, 1.54) is 66.4 Å². The van der Waals surface area contributed by atoms with Crippen molar-refractivity contribution in [3.8, 4) is 11.1 Å². The number of allylic oxidation sites excluding steroid dienone is 4. The third kappa shape index (κ3) is 9.11. The second kappa shape index (κ2) is 15.5. The van der Waals surface area contributed by atoms with Crippen molar-refractivity contribution < 1.29 is 49.0 Å². The Labute approximate surface area is 262 Å². The van der Waals surface area contributed by atoms with E-state index in [4.69, 9.17) is 0 Å². The molecule has 0 nitrogen and oxygen atoms in total. The smallest absolute Gasteiger partial charge is 0.0253 e. The molecule has 0 N–H and O–H groups in total. The molecule has 39 heavy (non-hydrogen) atoms. The quantitative estimate of drug-likeness (QED) is 0.264. The van der Waals surface area contributed by atoms with Crippen LogP contribution in [0, 0.1) is 23.5 Å². The summed E-state index contributed by atoms with van der Waals surface area (Å²) in [5, 5.41) is 0. The molecule has 6 rings (SSSR count). The van der Waals surface area contributed by atoms with Gasteiger partial charge in [-0.2, -0.15) is 41.5 Å². The van der Waals surface area contributed by atoms with Gasteiger partial charge < -0.3 is 24.8 Å². The minimum absolute atomic E-state index is 0. The van der Waals surface area contributed by atoms with E-state index in [9.17, 15) is 0 Å². The average Bonchev–Trinajstić information content (AvgIpc) is 3.54. The molecule has 0 aromatic heterocycles. The molecule has 198 valence electrons. The van der Waals surface area contributed by atoms with Crippen molar-refractivity contribution in [1.29, 1.82) is 0 Å². The second-order valence-electron chi connectivity index (χ2n) is 10.5. The molecule has 0 radical (unpaired) electrons. The molecule has 4 aromatic carbocycles. The number of benzene rings is 4. The Kier molecular flexibility index (Phi) is 13.1. The molecule has 2 aliphatic carbocycles. The summed E-state index contributed by atoms with van der Waals surface area (Å²) >= 11 is 1.46. The maximum absolute atomic E-state index is 3.30. The van der Waals surface area contributed by atoms with Gasteiger partial charge in [0.25, 0.3) is 0 Å². The van der Waals surface area contributed by atoms with Crippen LogP contribution in [0.5, 0.6) is 0 Å². The Morgan fingerprint density at radius 3 is 1.79 bits per heavy atom. The van der Waals surface area contributed by atoms with Gasteiger partial charge in [0, 0.05) is 0 Å². The molecular formula is C36H34Cl2Zr-2.